The van der Waals surface area contributed by atoms with Crippen molar-refractivity contribution < 1.29 is 4.74 Å². The summed E-state index contributed by atoms with van der Waals surface area (Å²) in [6.07, 6.45) is 1.99. The van der Waals surface area contributed by atoms with E-state index in [1.54, 1.807) is 11.8 Å². The maximum atomic E-state index is 5.97. The molecule has 112 valence electrons. The summed E-state index contributed by atoms with van der Waals surface area (Å²) in [7, 11) is 0. The van der Waals surface area contributed by atoms with Crippen molar-refractivity contribution in [2.24, 2.45) is 0 Å². The average Bonchev–Trinajstić information content (AvgIpc) is 3.06. The van der Waals surface area contributed by atoms with Gasteiger partial charge in [0.25, 0.3) is 0 Å². The van der Waals surface area contributed by atoms with Gasteiger partial charge >= 0.3 is 0 Å². The highest BCUT2D eigenvalue weighted by molar-refractivity contribution is 7.98. The second kappa shape index (κ2) is 6.71. The summed E-state index contributed by atoms with van der Waals surface area (Å²) in [5.74, 6) is 0.862. The Balaban J connectivity index is 1.72. The zero-order valence-corrected chi connectivity index (χ0v) is 13.4. The molecule has 4 heteroatoms. The largest absolute Gasteiger partial charge is 0.484 e. The van der Waals surface area contributed by atoms with E-state index in [1.165, 1.54) is 4.90 Å². The molecule has 0 saturated heterocycles. The second-order valence-electron chi connectivity index (χ2n) is 5.01. The van der Waals surface area contributed by atoms with E-state index in [0.717, 1.165) is 22.7 Å². The molecule has 1 aromatic heterocycles. The Bertz CT molecular complexity index is 722. The van der Waals surface area contributed by atoms with Gasteiger partial charge in [-0.3, -0.25) is 5.10 Å². The van der Waals surface area contributed by atoms with Crippen molar-refractivity contribution in [3.8, 4) is 17.0 Å². The number of hydrogen-bond acceptors (Lipinski definition) is 3. The van der Waals surface area contributed by atoms with Gasteiger partial charge in [0.1, 0.15) is 11.9 Å². The number of nitrogens with one attached hydrogen (secondary N) is 1. The molecule has 3 aromatic rings. The van der Waals surface area contributed by atoms with Crippen molar-refractivity contribution in [3.05, 3.63) is 66.4 Å². The van der Waals surface area contributed by atoms with Gasteiger partial charge in [-0.15, -0.1) is 11.8 Å². The Morgan fingerprint density at radius 3 is 2.45 bits per heavy atom. The SMILES string of the molecule is CSc1ccc(OC(C)c2cc(-c3ccccc3)n[nH]2)cc1. The predicted molar refractivity (Wildman–Crippen MR) is 91.3 cm³/mol. The number of benzene rings is 2. The molecule has 0 spiro atoms. The van der Waals surface area contributed by atoms with E-state index in [0.29, 0.717) is 0 Å². The van der Waals surface area contributed by atoms with Crippen LogP contribution in [0.4, 0.5) is 0 Å². The first-order valence-corrected chi connectivity index (χ1v) is 8.40. The van der Waals surface area contributed by atoms with E-state index in [2.05, 4.69) is 28.6 Å². The van der Waals surface area contributed by atoms with Crippen LogP contribution in [0.15, 0.2) is 65.6 Å². The normalized spacial score (nSPS) is 12.1. The van der Waals surface area contributed by atoms with Crippen molar-refractivity contribution >= 4 is 11.8 Å². The number of aromatic nitrogens is 2. The quantitative estimate of drug-likeness (QED) is 0.678. The molecular formula is C18H18N2OS. The van der Waals surface area contributed by atoms with Crippen LogP contribution in [0.5, 0.6) is 5.75 Å². The molecule has 0 aliphatic carbocycles. The molecule has 0 saturated carbocycles. The Hall–Kier alpha value is -2.20. The van der Waals surface area contributed by atoms with Gasteiger partial charge in [0, 0.05) is 10.5 Å². The van der Waals surface area contributed by atoms with Crippen LogP contribution in [0, 0.1) is 0 Å². The Labute approximate surface area is 134 Å². The molecule has 0 radical (unpaired) electrons. The molecule has 3 rings (SSSR count). The van der Waals surface area contributed by atoms with Gasteiger partial charge in [0.2, 0.25) is 0 Å². The van der Waals surface area contributed by atoms with Crippen LogP contribution in [-0.4, -0.2) is 16.5 Å². The van der Waals surface area contributed by atoms with Gasteiger partial charge < -0.3 is 4.74 Å². The topological polar surface area (TPSA) is 37.9 Å². The van der Waals surface area contributed by atoms with Crippen LogP contribution in [0.25, 0.3) is 11.3 Å². The minimum absolute atomic E-state index is 0.0786. The van der Waals surface area contributed by atoms with Gasteiger partial charge in [0.05, 0.1) is 11.4 Å². The Morgan fingerprint density at radius 2 is 1.77 bits per heavy atom. The zero-order valence-electron chi connectivity index (χ0n) is 12.6. The molecule has 1 heterocycles. The molecule has 0 bridgehead atoms. The number of thioether (sulfide) groups is 1. The van der Waals surface area contributed by atoms with Crippen LogP contribution in [-0.2, 0) is 0 Å². The second-order valence-corrected chi connectivity index (χ2v) is 5.89. The van der Waals surface area contributed by atoms with Gasteiger partial charge in [-0.25, -0.2) is 0 Å². The highest BCUT2D eigenvalue weighted by atomic mass is 32.2. The lowest BCUT2D eigenvalue weighted by molar-refractivity contribution is 0.221. The number of aromatic amines is 1. The van der Waals surface area contributed by atoms with E-state index in [1.807, 2.05) is 55.5 Å². The number of hydrogen-bond donors (Lipinski definition) is 1. The first-order chi connectivity index (χ1) is 10.8. The van der Waals surface area contributed by atoms with Gasteiger partial charge in [0.15, 0.2) is 0 Å². The molecule has 0 aliphatic rings. The highest BCUT2D eigenvalue weighted by Crippen LogP contribution is 2.25. The predicted octanol–water partition coefficient (Wildman–Crippen LogP) is 4.94. The average molecular weight is 310 g/mol. The third-order valence-electron chi connectivity index (χ3n) is 3.48. The zero-order chi connectivity index (χ0) is 15.4. The first-order valence-electron chi connectivity index (χ1n) is 7.17. The van der Waals surface area contributed by atoms with E-state index in [9.17, 15) is 0 Å². The van der Waals surface area contributed by atoms with Crippen LogP contribution < -0.4 is 4.74 Å². The van der Waals surface area contributed by atoms with E-state index in [-0.39, 0.29) is 6.10 Å². The summed E-state index contributed by atoms with van der Waals surface area (Å²) in [5, 5.41) is 7.44. The van der Waals surface area contributed by atoms with Crippen molar-refractivity contribution in [3.63, 3.8) is 0 Å². The van der Waals surface area contributed by atoms with Crippen molar-refractivity contribution in [2.45, 2.75) is 17.9 Å². The maximum Gasteiger partial charge on any atom is 0.137 e. The minimum Gasteiger partial charge on any atom is -0.484 e. The Morgan fingerprint density at radius 1 is 1.05 bits per heavy atom. The van der Waals surface area contributed by atoms with Crippen LogP contribution in [0.2, 0.25) is 0 Å². The van der Waals surface area contributed by atoms with Crippen LogP contribution in [0.3, 0.4) is 0 Å². The number of rotatable bonds is 5. The monoisotopic (exact) mass is 310 g/mol. The summed E-state index contributed by atoms with van der Waals surface area (Å²) in [5.41, 5.74) is 3.00. The smallest absolute Gasteiger partial charge is 0.137 e. The lowest BCUT2D eigenvalue weighted by Crippen LogP contribution is -2.03. The summed E-state index contributed by atoms with van der Waals surface area (Å²) in [6.45, 7) is 2.02. The molecule has 1 N–H and O–H groups in total. The summed E-state index contributed by atoms with van der Waals surface area (Å²) < 4.78 is 5.97. The van der Waals surface area contributed by atoms with E-state index < -0.39 is 0 Å². The van der Waals surface area contributed by atoms with Gasteiger partial charge in [-0.1, -0.05) is 30.3 Å². The molecule has 0 aliphatic heterocycles. The lowest BCUT2D eigenvalue weighted by Gasteiger charge is -2.13. The minimum atomic E-state index is -0.0786. The molecule has 2 aromatic carbocycles. The summed E-state index contributed by atoms with van der Waals surface area (Å²) >= 11 is 1.72. The maximum absolute atomic E-state index is 5.97. The highest BCUT2D eigenvalue weighted by Gasteiger charge is 2.12. The standard InChI is InChI=1S/C18H18N2OS/c1-13(21-15-8-10-16(22-2)11-9-15)17-12-18(20-19-17)14-6-4-3-5-7-14/h3-13H,1-2H3,(H,19,20). The van der Waals surface area contributed by atoms with Crippen LogP contribution >= 0.6 is 11.8 Å². The van der Waals surface area contributed by atoms with Crippen molar-refractivity contribution in [1.82, 2.24) is 10.2 Å². The fraction of sp³-hybridized carbons (Fsp3) is 0.167. The third-order valence-corrected chi connectivity index (χ3v) is 4.22. The molecule has 22 heavy (non-hydrogen) atoms. The number of H-pyrrole nitrogens is 1. The molecule has 1 atom stereocenters. The molecule has 0 fully saturated rings. The molecular weight excluding hydrogens is 292 g/mol. The fourth-order valence-corrected chi connectivity index (χ4v) is 2.63. The van der Waals surface area contributed by atoms with Crippen LogP contribution in [0.1, 0.15) is 18.7 Å². The lowest BCUT2D eigenvalue weighted by atomic mass is 10.1. The Kier molecular flexibility index (Phi) is 4.49. The van der Waals surface area contributed by atoms with E-state index >= 15 is 0 Å². The number of ether oxygens (including phenoxy) is 1. The molecule has 3 nitrogen and oxygen atoms in total. The van der Waals surface area contributed by atoms with E-state index in [4.69, 9.17) is 4.74 Å². The summed E-state index contributed by atoms with van der Waals surface area (Å²) in [4.78, 5) is 1.23. The number of nitrogens with zero attached hydrogens (tertiary/aromatic N) is 1. The third kappa shape index (κ3) is 3.34. The van der Waals surface area contributed by atoms with Crippen molar-refractivity contribution in [2.75, 3.05) is 6.26 Å². The molecule has 1 unspecified atom stereocenters. The fourth-order valence-electron chi connectivity index (χ4n) is 2.22. The molecule has 0 amide bonds. The van der Waals surface area contributed by atoms with Crippen molar-refractivity contribution in [1.29, 1.82) is 0 Å². The first kappa shape index (κ1) is 14.7. The van der Waals surface area contributed by atoms with Gasteiger partial charge in [-0.05, 0) is 43.5 Å². The van der Waals surface area contributed by atoms with Gasteiger partial charge in [-0.2, -0.15) is 5.10 Å². The summed E-state index contributed by atoms with van der Waals surface area (Å²) in [6, 6.07) is 20.3.